The van der Waals surface area contributed by atoms with Crippen molar-refractivity contribution in [2.45, 2.75) is 6.92 Å². The van der Waals surface area contributed by atoms with Crippen LogP contribution < -0.4 is 4.74 Å². The van der Waals surface area contributed by atoms with Crippen molar-refractivity contribution in [1.29, 1.82) is 0 Å². The van der Waals surface area contributed by atoms with E-state index in [4.69, 9.17) is 21.4 Å². The van der Waals surface area contributed by atoms with Crippen molar-refractivity contribution in [3.8, 4) is 11.6 Å². The minimum Gasteiger partial charge on any atom is -0.478 e. The van der Waals surface area contributed by atoms with Gasteiger partial charge in [-0.2, -0.15) is 0 Å². The third-order valence-electron chi connectivity index (χ3n) is 2.27. The highest BCUT2D eigenvalue weighted by molar-refractivity contribution is 6.33. The van der Waals surface area contributed by atoms with Gasteiger partial charge in [-0.05, 0) is 30.7 Å². The molecule has 1 aromatic heterocycles. The highest BCUT2D eigenvalue weighted by atomic mass is 35.5. The van der Waals surface area contributed by atoms with E-state index in [0.29, 0.717) is 11.6 Å². The Bertz CT molecular complexity index is 581. The Morgan fingerprint density at radius 1 is 1.33 bits per heavy atom. The smallest absolute Gasteiger partial charge is 0.337 e. The number of aromatic nitrogens is 1. The molecule has 2 rings (SSSR count). The fourth-order valence-corrected chi connectivity index (χ4v) is 1.57. The molecule has 0 radical (unpaired) electrons. The van der Waals surface area contributed by atoms with Gasteiger partial charge in [-0.15, -0.1) is 0 Å². The largest absolute Gasteiger partial charge is 0.478 e. The number of nitrogens with zero attached hydrogens (tertiary/aromatic N) is 1. The summed E-state index contributed by atoms with van der Waals surface area (Å²) in [4.78, 5) is 15.0. The van der Waals surface area contributed by atoms with Crippen LogP contribution in [0, 0.1) is 6.92 Å². The van der Waals surface area contributed by atoms with Crippen molar-refractivity contribution < 1.29 is 14.6 Å². The number of hydrogen-bond donors (Lipinski definition) is 1. The second-order valence-corrected chi connectivity index (χ2v) is 4.13. The van der Waals surface area contributed by atoms with Gasteiger partial charge in [0.2, 0.25) is 5.88 Å². The second kappa shape index (κ2) is 5.06. The fourth-order valence-electron chi connectivity index (χ4n) is 1.37. The van der Waals surface area contributed by atoms with Gasteiger partial charge in [0.05, 0.1) is 10.6 Å². The van der Waals surface area contributed by atoms with Gasteiger partial charge in [0.1, 0.15) is 5.75 Å². The molecule has 0 bridgehead atoms. The predicted octanol–water partition coefficient (Wildman–Crippen LogP) is 3.53. The average Bonchev–Trinajstić information content (AvgIpc) is 2.34. The van der Waals surface area contributed by atoms with Crippen LogP contribution in [-0.4, -0.2) is 16.1 Å². The lowest BCUT2D eigenvalue weighted by Gasteiger charge is -2.06. The summed E-state index contributed by atoms with van der Waals surface area (Å²) in [5, 5.41) is 9.11. The molecular formula is C13H10ClNO3. The predicted molar refractivity (Wildman–Crippen MR) is 67.5 cm³/mol. The molecule has 0 aliphatic rings. The third-order valence-corrected chi connectivity index (χ3v) is 2.60. The molecule has 92 valence electrons. The standard InChI is InChI=1S/C13H10ClNO3/c1-8-2-5-12(15-7-8)18-9-3-4-11(14)10(6-9)13(16)17/h2-7H,1H3,(H,16,17). The van der Waals surface area contributed by atoms with Crippen LogP contribution in [0.4, 0.5) is 0 Å². The number of carboxylic acids is 1. The van der Waals surface area contributed by atoms with E-state index in [1.165, 1.54) is 12.1 Å². The number of hydrogen-bond acceptors (Lipinski definition) is 3. The number of benzene rings is 1. The van der Waals surface area contributed by atoms with Crippen molar-refractivity contribution in [2.24, 2.45) is 0 Å². The lowest BCUT2D eigenvalue weighted by Crippen LogP contribution is -1.98. The molecule has 0 atom stereocenters. The molecule has 0 aliphatic heterocycles. The molecule has 0 fully saturated rings. The first-order chi connectivity index (χ1) is 8.56. The number of halogens is 1. The van der Waals surface area contributed by atoms with Crippen molar-refractivity contribution in [3.05, 3.63) is 52.7 Å². The van der Waals surface area contributed by atoms with Gasteiger partial charge in [-0.3, -0.25) is 0 Å². The first kappa shape index (κ1) is 12.4. The van der Waals surface area contributed by atoms with Crippen LogP contribution in [0.2, 0.25) is 5.02 Å². The number of rotatable bonds is 3. The van der Waals surface area contributed by atoms with E-state index in [2.05, 4.69) is 4.98 Å². The topological polar surface area (TPSA) is 59.4 Å². The number of aromatic carboxylic acids is 1. The third kappa shape index (κ3) is 2.78. The van der Waals surface area contributed by atoms with E-state index < -0.39 is 5.97 Å². The van der Waals surface area contributed by atoms with Gasteiger partial charge in [0.15, 0.2) is 0 Å². The van der Waals surface area contributed by atoms with E-state index in [0.717, 1.165) is 5.56 Å². The molecule has 5 heteroatoms. The van der Waals surface area contributed by atoms with Gasteiger partial charge in [-0.25, -0.2) is 9.78 Å². The Labute approximate surface area is 109 Å². The van der Waals surface area contributed by atoms with Gasteiger partial charge < -0.3 is 9.84 Å². The summed E-state index contributed by atoms with van der Waals surface area (Å²) < 4.78 is 5.45. The molecule has 1 aromatic carbocycles. The number of ether oxygens (including phenoxy) is 1. The fraction of sp³-hybridized carbons (Fsp3) is 0.0769. The maximum Gasteiger partial charge on any atom is 0.337 e. The zero-order chi connectivity index (χ0) is 13.1. The SMILES string of the molecule is Cc1ccc(Oc2ccc(Cl)c(C(=O)O)c2)nc1. The first-order valence-electron chi connectivity index (χ1n) is 5.19. The minimum absolute atomic E-state index is 0.00118. The van der Waals surface area contributed by atoms with Crippen molar-refractivity contribution >= 4 is 17.6 Å². The number of pyridine rings is 1. The van der Waals surface area contributed by atoms with Gasteiger partial charge in [-0.1, -0.05) is 17.7 Å². The molecule has 18 heavy (non-hydrogen) atoms. The Kier molecular flexibility index (Phi) is 3.48. The molecule has 4 nitrogen and oxygen atoms in total. The quantitative estimate of drug-likeness (QED) is 0.920. The Hall–Kier alpha value is -2.07. The van der Waals surface area contributed by atoms with E-state index in [1.807, 2.05) is 13.0 Å². The minimum atomic E-state index is -1.10. The summed E-state index contributed by atoms with van der Waals surface area (Å²) in [5.74, 6) is -0.310. The molecule has 0 saturated heterocycles. The first-order valence-corrected chi connectivity index (χ1v) is 5.57. The molecular weight excluding hydrogens is 254 g/mol. The Balaban J connectivity index is 2.27. The van der Waals surface area contributed by atoms with E-state index in [9.17, 15) is 4.79 Å². The molecule has 0 aliphatic carbocycles. The normalized spacial score (nSPS) is 10.1. The molecule has 0 amide bonds. The second-order valence-electron chi connectivity index (χ2n) is 3.72. The molecule has 2 aromatic rings. The highest BCUT2D eigenvalue weighted by Crippen LogP contribution is 2.25. The highest BCUT2D eigenvalue weighted by Gasteiger charge is 2.10. The van der Waals surface area contributed by atoms with Crippen molar-refractivity contribution in [3.63, 3.8) is 0 Å². The number of aryl methyl sites for hydroxylation is 1. The van der Waals surface area contributed by atoms with Crippen LogP contribution in [0.25, 0.3) is 0 Å². The van der Waals surface area contributed by atoms with E-state index in [-0.39, 0.29) is 10.6 Å². The zero-order valence-electron chi connectivity index (χ0n) is 9.55. The monoisotopic (exact) mass is 263 g/mol. The summed E-state index contributed by atoms with van der Waals surface area (Å²) in [6.07, 6.45) is 1.67. The van der Waals surface area contributed by atoms with E-state index in [1.54, 1.807) is 18.3 Å². The molecule has 0 unspecified atom stereocenters. The lowest BCUT2D eigenvalue weighted by atomic mass is 10.2. The molecule has 0 saturated carbocycles. The lowest BCUT2D eigenvalue weighted by molar-refractivity contribution is 0.0696. The van der Waals surface area contributed by atoms with Crippen LogP contribution >= 0.6 is 11.6 Å². The Morgan fingerprint density at radius 2 is 2.11 bits per heavy atom. The summed E-state index contributed by atoms with van der Waals surface area (Å²) in [6, 6.07) is 8.01. The maximum atomic E-state index is 10.9. The maximum absolute atomic E-state index is 10.9. The van der Waals surface area contributed by atoms with Crippen molar-refractivity contribution in [1.82, 2.24) is 4.98 Å². The van der Waals surface area contributed by atoms with Crippen LogP contribution in [0.15, 0.2) is 36.5 Å². The van der Waals surface area contributed by atoms with Crippen molar-refractivity contribution in [2.75, 3.05) is 0 Å². The van der Waals surface area contributed by atoms with Gasteiger partial charge in [0.25, 0.3) is 0 Å². The van der Waals surface area contributed by atoms with E-state index >= 15 is 0 Å². The van der Waals surface area contributed by atoms with Gasteiger partial charge in [0, 0.05) is 12.3 Å². The zero-order valence-corrected chi connectivity index (χ0v) is 10.3. The molecule has 1 heterocycles. The number of carboxylic acid groups (broad SMARTS) is 1. The summed E-state index contributed by atoms with van der Waals surface area (Å²) in [7, 11) is 0. The molecule has 1 N–H and O–H groups in total. The average molecular weight is 264 g/mol. The van der Waals surface area contributed by atoms with Crippen LogP contribution in [-0.2, 0) is 0 Å². The molecule has 0 spiro atoms. The summed E-state index contributed by atoms with van der Waals surface area (Å²) in [5.41, 5.74) is 1.02. The summed E-state index contributed by atoms with van der Waals surface area (Å²) in [6.45, 7) is 1.92. The van der Waals surface area contributed by atoms with Crippen LogP contribution in [0.1, 0.15) is 15.9 Å². The van der Waals surface area contributed by atoms with Crippen LogP contribution in [0.5, 0.6) is 11.6 Å². The summed E-state index contributed by atoms with van der Waals surface area (Å²) >= 11 is 5.76. The number of carbonyl (C=O) groups is 1. The van der Waals surface area contributed by atoms with Gasteiger partial charge >= 0.3 is 5.97 Å². The Morgan fingerprint density at radius 3 is 2.72 bits per heavy atom. The van der Waals surface area contributed by atoms with Crippen LogP contribution in [0.3, 0.4) is 0 Å².